The molecule has 2 spiro atoms. The van der Waals surface area contributed by atoms with Gasteiger partial charge in [0.2, 0.25) is 0 Å². The van der Waals surface area contributed by atoms with E-state index in [9.17, 15) is 0 Å². The van der Waals surface area contributed by atoms with Gasteiger partial charge in [-0.15, -0.1) is 11.3 Å². The predicted octanol–water partition coefficient (Wildman–Crippen LogP) is 13.0. The molecular formula is C50H28O2S. The number of benzene rings is 6. The fourth-order valence-electron chi connectivity index (χ4n) is 10.5. The van der Waals surface area contributed by atoms with E-state index < -0.39 is 10.8 Å². The van der Waals surface area contributed by atoms with Crippen LogP contribution in [0.25, 0.3) is 66.2 Å². The summed E-state index contributed by atoms with van der Waals surface area (Å²) in [6.07, 6.45) is 0. The summed E-state index contributed by atoms with van der Waals surface area (Å²) in [5.74, 6) is 3.71. The summed E-state index contributed by atoms with van der Waals surface area (Å²) >= 11 is 1.73. The van der Waals surface area contributed by atoms with Gasteiger partial charge in [0.05, 0.1) is 20.6 Å². The number of hydrogen-bond donors (Lipinski definition) is 0. The minimum absolute atomic E-state index is 0.418. The fourth-order valence-corrected chi connectivity index (χ4v) is 11.4. The van der Waals surface area contributed by atoms with Crippen LogP contribution in [0.1, 0.15) is 44.5 Å². The van der Waals surface area contributed by atoms with E-state index in [1.54, 1.807) is 11.3 Å². The molecule has 6 aromatic carbocycles. The summed E-state index contributed by atoms with van der Waals surface area (Å²) in [5, 5.41) is 0. The van der Waals surface area contributed by atoms with Crippen molar-refractivity contribution in [1.82, 2.24) is 0 Å². The Morgan fingerprint density at radius 1 is 0.302 bits per heavy atom. The van der Waals surface area contributed by atoms with E-state index in [4.69, 9.17) is 8.83 Å². The number of hydrogen-bond acceptors (Lipinski definition) is 3. The van der Waals surface area contributed by atoms with E-state index in [1.807, 2.05) is 0 Å². The molecule has 2 nitrogen and oxygen atoms in total. The van der Waals surface area contributed by atoms with E-state index in [0.717, 1.165) is 32.8 Å². The summed E-state index contributed by atoms with van der Waals surface area (Å²) in [6, 6.07) is 62.2. The molecule has 4 aliphatic rings. The molecule has 0 atom stereocenters. The summed E-state index contributed by atoms with van der Waals surface area (Å²) in [5.41, 5.74) is 17.0. The van der Waals surface area contributed by atoms with Crippen LogP contribution in [-0.4, -0.2) is 0 Å². The van der Waals surface area contributed by atoms with E-state index in [-0.39, 0.29) is 0 Å². The molecule has 0 amide bonds. The molecule has 9 aromatic rings. The average molecular weight is 693 g/mol. The first-order chi connectivity index (χ1) is 26.3. The Hall–Kier alpha value is -6.42. The van der Waals surface area contributed by atoms with Gasteiger partial charge in [-0.2, -0.15) is 0 Å². The summed E-state index contributed by atoms with van der Waals surface area (Å²) < 4.78 is 13.9. The molecule has 53 heavy (non-hydrogen) atoms. The van der Waals surface area contributed by atoms with Gasteiger partial charge in [-0.05, 0) is 79.9 Å². The second-order valence-electron chi connectivity index (χ2n) is 14.6. The van der Waals surface area contributed by atoms with Crippen molar-refractivity contribution in [1.29, 1.82) is 0 Å². The van der Waals surface area contributed by atoms with Crippen LogP contribution in [-0.2, 0) is 10.8 Å². The number of rotatable bonds is 2. The third-order valence-corrected chi connectivity index (χ3v) is 13.5. The maximum Gasteiger partial charge on any atom is 0.145 e. The Morgan fingerprint density at radius 3 is 0.925 bits per heavy atom. The summed E-state index contributed by atoms with van der Waals surface area (Å²) in [7, 11) is 0. The number of furan rings is 2. The van der Waals surface area contributed by atoms with Gasteiger partial charge in [0.25, 0.3) is 0 Å². The molecular weight excluding hydrogens is 665 g/mol. The molecule has 0 fully saturated rings. The molecule has 3 heterocycles. The van der Waals surface area contributed by atoms with Gasteiger partial charge in [-0.3, -0.25) is 0 Å². The first kappa shape index (κ1) is 28.2. The van der Waals surface area contributed by atoms with Gasteiger partial charge < -0.3 is 8.83 Å². The van der Waals surface area contributed by atoms with Gasteiger partial charge in [-0.1, -0.05) is 146 Å². The number of thiophene rings is 1. The molecule has 13 rings (SSSR count). The van der Waals surface area contributed by atoms with Crippen LogP contribution in [0.2, 0.25) is 0 Å². The maximum absolute atomic E-state index is 6.95. The molecule has 0 aliphatic heterocycles. The lowest BCUT2D eigenvalue weighted by atomic mass is 9.71. The van der Waals surface area contributed by atoms with Crippen molar-refractivity contribution in [3.8, 4) is 66.2 Å². The lowest BCUT2D eigenvalue weighted by Gasteiger charge is -2.29. The SMILES string of the molecule is c1ccc2c(c1)-c1ccccc1C21c2ccccc2-c2oc(-c3ccc(-c4cc5c(o4)-c4ccccc4C54c5ccccc5-c5ccccc54)s3)cc21. The lowest BCUT2D eigenvalue weighted by Crippen LogP contribution is -2.25. The van der Waals surface area contributed by atoms with Crippen molar-refractivity contribution < 1.29 is 8.83 Å². The smallest absolute Gasteiger partial charge is 0.145 e. The van der Waals surface area contributed by atoms with Crippen molar-refractivity contribution >= 4 is 11.3 Å². The minimum atomic E-state index is -0.418. The van der Waals surface area contributed by atoms with Crippen LogP contribution >= 0.6 is 11.3 Å². The molecule has 246 valence electrons. The molecule has 0 saturated heterocycles. The Bertz CT molecular complexity index is 2740. The van der Waals surface area contributed by atoms with Gasteiger partial charge in [0.1, 0.15) is 23.0 Å². The second kappa shape index (κ2) is 9.71. The summed E-state index contributed by atoms with van der Waals surface area (Å²) in [4.78, 5) is 2.18. The quantitative estimate of drug-likeness (QED) is 0.180. The zero-order valence-electron chi connectivity index (χ0n) is 28.4. The van der Waals surface area contributed by atoms with Crippen molar-refractivity contribution in [3.05, 3.63) is 214 Å². The molecule has 0 saturated carbocycles. The van der Waals surface area contributed by atoms with Crippen molar-refractivity contribution in [3.63, 3.8) is 0 Å². The van der Waals surface area contributed by atoms with Crippen LogP contribution < -0.4 is 0 Å². The molecule has 0 unspecified atom stereocenters. The van der Waals surface area contributed by atoms with Crippen LogP contribution in [0.3, 0.4) is 0 Å². The second-order valence-corrected chi connectivity index (χ2v) is 15.7. The highest BCUT2D eigenvalue weighted by Gasteiger charge is 2.55. The maximum atomic E-state index is 6.95. The van der Waals surface area contributed by atoms with Gasteiger partial charge >= 0.3 is 0 Å². The topological polar surface area (TPSA) is 26.3 Å². The monoisotopic (exact) mass is 692 g/mol. The van der Waals surface area contributed by atoms with Gasteiger partial charge in [0.15, 0.2) is 0 Å². The number of fused-ring (bicyclic) bond motifs is 20. The van der Waals surface area contributed by atoms with Gasteiger partial charge in [-0.25, -0.2) is 0 Å². The minimum Gasteiger partial charge on any atom is -0.455 e. The standard InChI is InChI=1S/C50H28O2S/c1-7-19-35-29(13-1)30-14-2-8-20-36(30)49(35)39-23-11-5-17-33(39)47-41(49)27-43(51-47)45-25-26-46(53-45)44-28-42-48(52-44)34-18-6-12-24-40(34)50(42)37-21-9-3-15-31(37)32-16-4-10-22-38(32)50/h1-28H. The highest BCUT2D eigenvalue weighted by atomic mass is 32.1. The zero-order valence-corrected chi connectivity index (χ0v) is 29.2. The third-order valence-electron chi connectivity index (χ3n) is 12.4. The van der Waals surface area contributed by atoms with E-state index in [1.165, 1.54) is 77.9 Å². The predicted molar refractivity (Wildman–Crippen MR) is 212 cm³/mol. The van der Waals surface area contributed by atoms with Crippen molar-refractivity contribution in [2.75, 3.05) is 0 Å². The molecule has 0 bridgehead atoms. The van der Waals surface area contributed by atoms with Crippen LogP contribution in [0, 0.1) is 0 Å². The molecule has 0 N–H and O–H groups in total. The average Bonchev–Trinajstić information content (AvgIpc) is 4.08. The van der Waals surface area contributed by atoms with E-state index in [2.05, 4.69) is 170 Å². The van der Waals surface area contributed by atoms with Crippen molar-refractivity contribution in [2.45, 2.75) is 10.8 Å². The summed E-state index contributed by atoms with van der Waals surface area (Å²) in [6.45, 7) is 0. The third kappa shape index (κ3) is 3.20. The Labute approximate surface area is 310 Å². The largest absolute Gasteiger partial charge is 0.455 e. The zero-order chi connectivity index (χ0) is 34.5. The van der Waals surface area contributed by atoms with E-state index >= 15 is 0 Å². The highest BCUT2D eigenvalue weighted by molar-refractivity contribution is 7.18. The Balaban J connectivity index is 0.978. The van der Waals surface area contributed by atoms with Crippen LogP contribution in [0.15, 0.2) is 179 Å². The lowest BCUT2D eigenvalue weighted by molar-refractivity contribution is 0.597. The van der Waals surface area contributed by atoms with Crippen LogP contribution in [0.4, 0.5) is 0 Å². The first-order valence-electron chi connectivity index (χ1n) is 18.3. The Morgan fingerprint density at radius 2 is 0.585 bits per heavy atom. The van der Waals surface area contributed by atoms with Gasteiger partial charge in [0, 0.05) is 22.3 Å². The normalized spacial score (nSPS) is 15.1. The fraction of sp³-hybridized carbons (Fsp3) is 0.0400. The first-order valence-corrected chi connectivity index (χ1v) is 19.1. The Kier molecular flexibility index (Phi) is 5.17. The van der Waals surface area contributed by atoms with E-state index in [0.29, 0.717) is 0 Å². The molecule has 4 aliphatic carbocycles. The van der Waals surface area contributed by atoms with Crippen molar-refractivity contribution in [2.24, 2.45) is 0 Å². The molecule has 0 radical (unpaired) electrons. The van der Waals surface area contributed by atoms with Crippen LogP contribution in [0.5, 0.6) is 0 Å². The molecule has 3 heteroatoms. The molecule has 3 aromatic heterocycles. The highest BCUT2D eigenvalue weighted by Crippen LogP contribution is 2.65.